The van der Waals surface area contributed by atoms with Gasteiger partial charge in [0.2, 0.25) is 0 Å². The van der Waals surface area contributed by atoms with Crippen LogP contribution < -0.4 is 5.73 Å². The molecule has 2 aromatic carbocycles. The molecule has 0 heterocycles. The Balaban J connectivity index is 2.22. The van der Waals surface area contributed by atoms with Crippen LogP contribution in [0, 0.1) is 0 Å². The second kappa shape index (κ2) is 6.47. The van der Waals surface area contributed by atoms with Gasteiger partial charge in [0.25, 0.3) is 0 Å². The number of rotatable bonds is 3. The molecule has 5 heteroatoms. The van der Waals surface area contributed by atoms with Gasteiger partial charge >= 0.3 is 0 Å². The van der Waals surface area contributed by atoms with E-state index in [1.165, 1.54) is 0 Å². The van der Waals surface area contributed by atoms with Crippen molar-refractivity contribution in [1.29, 1.82) is 0 Å². The molecule has 100 valence electrons. The summed E-state index contributed by atoms with van der Waals surface area (Å²) in [5.74, 6) is 0. The summed E-state index contributed by atoms with van der Waals surface area (Å²) < 4.78 is 0.955. The van der Waals surface area contributed by atoms with Gasteiger partial charge in [0, 0.05) is 15.5 Å². The van der Waals surface area contributed by atoms with Crippen molar-refractivity contribution < 1.29 is 0 Å². The first-order valence-electron chi connectivity index (χ1n) is 5.62. The molecule has 1 atom stereocenters. The Bertz CT molecular complexity index is 601. The molecule has 0 bridgehead atoms. The van der Waals surface area contributed by atoms with Gasteiger partial charge in [-0.15, -0.1) is 0 Å². The van der Waals surface area contributed by atoms with Gasteiger partial charge < -0.3 is 5.73 Å². The standard InChI is InChI=1S/C14H11BrCl3N/c15-9-2-4-11(16)10(7-9)14(19)6-8-1-3-12(17)13(18)5-8/h1-5,7,14H,6,19H2. The minimum absolute atomic E-state index is 0.192. The topological polar surface area (TPSA) is 26.0 Å². The van der Waals surface area contributed by atoms with E-state index in [-0.39, 0.29) is 6.04 Å². The quantitative estimate of drug-likeness (QED) is 0.732. The van der Waals surface area contributed by atoms with E-state index in [0.717, 1.165) is 15.6 Å². The van der Waals surface area contributed by atoms with E-state index < -0.39 is 0 Å². The number of halogens is 4. The zero-order valence-corrected chi connectivity index (χ0v) is 13.7. The van der Waals surface area contributed by atoms with Crippen LogP contribution >= 0.6 is 50.7 Å². The first kappa shape index (κ1) is 15.1. The molecule has 0 aliphatic rings. The molecule has 0 saturated heterocycles. The van der Waals surface area contributed by atoms with Crippen LogP contribution in [0.2, 0.25) is 15.1 Å². The van der Waals surface area contributed by atoms with Crippen molar-refractivity contribution >= 4 is 50.7 Å². The summed E-state index contributed by atoms with van der Waals surface area (Å²) in [4.78, 5) is 0. The third-order valence-corrected chi connectivity index (χ3v) is 4.37. The van der Waals surface area contributed by atoms with Crippen LogP contribution in [0.15, 0.2) is 40.9 Å². The van der Waals surface area contributed by atoms with Gasteiger partial charge in [-0.3, -0.25) is 0 Å². The molecule has 19 heavy (non-hydrogen) atoms. The molecule has 2 rings (SSSR count). The Kier molecular flexibility index (Phi) is 5.15. The fourth-order valence-corrected chi connectivity index (χ4v) is 2.79. The van der Waals surface area contributed by atoms with Crippen LogP contribution in [0.5, 0.6) is 0 Å². The van der Waals surface area contributed by atoms with Crippen LogP contribution in [-0.4, -0.2) is 0 Å². The van der Waals surface area contributed by atoms with E-state index in [1.54, 1.807) is 6.07 Å². The van der Waals surface area contributed by atoms with Crippen LogP contribution in [0.4, 0.5) is 0 Å². The van der Waals surface area contributed by atoms with Crippen LogP contribution in [0.1, 0.15) is 17.2 Å². The molecule has 0 aliphatic heterocycles. The summed E-state index contributed by atoms with van der Waals surface area (Å²) in [6, 6.07) is 11.0. The Labute approximate surface area is 135 Å². The predicted octanol–water partition coefficient (Wildman–Crippen LogP) is 5.65. The summed E-state index contributed by atoms with van der Waals surface area (Å²) >= 11 is 21.5. The number of benzene rings is 2. The first-order valence-corrected chi connectivity index (χ1v) is 7.54. The largest absolute Gasteiger partial charge is 0.324 e. The number of hydrogen-bond donors (Lipinski definition) is 1. The van der Waals surface area contributed by atoms with Crippen molar-refractivity contribution in [3.8, 4) is 0 Å². The monoisotopic (exact) mass is 377 g/mol. The van der Waals surface area contributed by atoms with Crippen LogP contribution in [-0.2, 0) is 6.42 Å². The molecular formula is C14H11BrCl3N. The fraction of sp³-hybridized carbons (Fsp3) is 0.143. The van der Waals surface area contributed by atoms with Gasteiger partial charge in [0.1, 0.15) is 0 Å². The highest BCUT2D eigenvalue weighted by Gasteiger charge is 2.12. The van der Waals surface area contributed by atoms with E-state index in [0.29, 0.717) is 21.5 Å². The van der Waals surface area contributed by atoms with E-state index >= 15 is 0 Å². The maximum Gasteiger partial charge on any atom is 0.0595 e. The fourth-order valence-electron chi connectivity index (χ4n) is 1.83. The first-order chi connectivity index (χ1) is 8.97. The SMILES string of the molecule is NC(Cc1ccc(Cl)c(Cl)c1)c1cc(Br)ccc1Cl. The second-order valence-corrected chi connectivity index (χ2v) is 6.36. The van der Waals surface area contributed by atoms with Crippen LogP contribution in [0.25, 0.3) is 0 Å². The summed E-state index contributed by atoms with van der Waals surface area (Å²) in [6.45, 7) is 0. The van der Waals surface area contributed by atoms with Gasteiger partial charge in [0.05, 0.1) is 10.0 Å². The Morgan fingerprint density at radius 2 is 1.63 bits per heavy atom. The lowest BCUT2D eigenvalue weighted by molar-refractivity contribution is 0.722. The Morgan fingerprint density at radius 3 is 2.32 bits per heavy atom. The molecular weight excluding hydrogens is 368 g/mol. The summed E-state index contributed by atoms with van der Waals surface area (Å²) in [7, 11) is 0. The Morgan fingerprint density at radius 1 is 0.947 bits per heavy atom. The summed E-state index contributed by atoms with van der Waals surface area (Å²) in [6.07, 6.45) is 0.646. The molecule has 1 nitrogen and oxygen atoms in total. The lowest BCUT2D eigenvalue weighted by Gasteiger charge is -2.14. The molecule has 0 amide bonds. The molecule has 2 aromatic rings. The minimum Gasteiger partial charge on any atom is -0.324 e. The van der Waals surface area contributed by atoms with Crippen molar-refractivity contribution in [2.45, 2.75) is 12.5 Å². The highest BCUT2D eigenvalue weighted by molar-refractivity contribution is 9.10. The molecule has 0 aliphatic carbocycles. The molecule has 0 saturated carbocycles. The molecule has 0 aromatic heterocycles. The second-order valence-electron chi connectivity index (χ2n) is 4.22. The van der Waals surface area contributed by atoms with Crippen molar-refractivity contribution in [2.75, 3.05) is 0 Å². The highest BCUT2D eigenvalue weighted by Crippen LogP contribution is 2.29. The van der Waals surface area contributed by atoms with E-state index in [1.807, 2.05) is 30.3 Å². The van der Waals surface area contributed by atoms with Gasteiger partial charge in [-0.05, 0) is 47.9 Å². The molecule has 1 unspecified atom stereocenters. The average Bonchev–Trinajstić information content (AvgIpc) is 2.36. The predicted molar refractivity (Wildman–Crippen MR) is 86.2 cm³/mol. The van der Waals surface area contributed by atoms with Gasteiger partial charge in [-0.2, -0.15) is 0 Å². The zero-order valence-electron chi connectivity index (χ0n) is 9.84. The zero-order chi connectivity index (χ0) is 14.0. The molecule has 2 N–H and O–H groups in total. The van der Waals surface area contributed by atoms with Gasteiger partial charge in [-0.25, -0.2) is 0 Å². The maximum atomic E-state index is 6.20. The van der Waals surface area contributed by atoms with Crippen molar-refractivity contribution in [1.82, 2.24) is 0 Å². The van der Waals surface area contributed by atoms with Gasteiger partial charge in [-0.1, -0.05) is 56.8 Å². The average molecular weight is 380 g/mol. The molecule has 0 spiro atoms. The Hall–Kier alpha value is -0.250. The number of hydrogen-bond acceptors (Lipinski definition) is 1. The third kappa shape index (κ3) is 3.87. The van der Waals surface area contributed by atoms with Gasteiger partial charge in [0.15, 0.2) is 0 Å². The van der Waals surface area contributed by atoms with Crippen molar-refractivity contribution in [3.63, 3.8) is 0 Å². The highest BCUT2D eigenvalue weighted by atomic mass is 79.9. The maximum absolute atomic E-state index is 6.20. The lowest BCUT2D eigenvalue weighted by atomic mass is 10.00. The van der Waals surface area contributed by atoms with E-state index in [9.17, 15) is 0 Å². The molecule has 0 fully saturated rings. The normalized spacial score (nSPS) is 12.5. The minimum atomic E-state index is -0.192. The summed E-state index contributed by atoms with van der Waals surface area (Å²) in [5.41, 5.74) is 8.13. The number of nitrogens with two attached hydrogens (primary N) is 1. The van der Waals surface area contributed by atoms with E-state index in [2.05, 4.69) is 15.9 Å². The van der Waals surface area contributed by atoms with Crippen molar-refractivity contribution in [3.05, 3.63) is 67.1 Å². The van der Waals surface area contributed by atoms with E-state index in [4.69, 9.17) is 40.5 Å². The summed E-state index contributed by atoms with van der Waals surface area (Å²) in [5, 5.41) is 1.74. The lowest BCUT2D eigenvalue weighted by Crippen LogP contribution is -2.14. The smallest absolute Gasteiger partial charge is 0.0595 e. The third-order valence-electron chi connectivity index (χ3n) is 2.80. The molecule has 0 radical (unpaired) electrons. The van der Waals surface area contributed by atoms with Crippen molar-refractivity contribution in [2.24, 2.45) is 5.73 Å². The van der Waals surface area contributed by atoms with Crippen LogP contribution in [0.3, 0.4) is 0 Å².